The zero-order valence-corrected chi connectivity index (χ0v) is 5.43. The van der Waals surface area contributed by atoms with Gasteiger partial charge in [-0.15, -0.1) is 0 Å². The first-order valence-electron chi connectivity index (χ1n) is 2.37. The summed E-state index contributed by atoms with van der Waals surface area (Å²) in [5, 5.41) is 0. The molecule has 0 saturated heterocycles. The van der Waals surface area contributed by atoms with Crippen molar-refractivity contribution >= 4 is 0 Å². The second-order valence-electron chi connectivity index (χ2n) is 1.80. The second-order valence-corrected chi connectivity index (χ2v) is 1.80. The van der Waals surface area contributed by atoms with Gasteiger partial charge in [-0.3, -0.25) is 4.90 Å². The fraction of sp³-hybridized carbons (Fsp3) is 1.00. The van der Waals surface area contributed by atoms with Gasteiger partial charge in [-0.2, -0.15) is 0 Å². The Morgan fingerprint density at radius 3 is 1.86 bits per heavy atom. The van der Waals surface area contributed by atoms with Crippen LogP contribution in [0.2, 0.25) is 0 Å². The third-order valence-electron chi connectivity index (χ3n) is 1.07. The van der Waals surface area contributed by atoms with E-state index >= 15 is 0 Å². The number of nitrogens with zero attached hydrogens (tertiary/aromatic N) is 1. The van der Waals surface area contributed by atoms with Crippen molar-refractivity contribution in [3.05, 3.63) is 0 Å². The normalized spacial score (nSPS) is 15.0. The van der Waals surface area contributed by atoms with Gasteiger partial charge in [-0.05, 0) is 21.0 Å². The molecule has 7 heavy (non-hydrogen) atoms. The molecule has 0 fully saturated rings. The van der Waals surface area contributed by atoms with Crippen molar-refractivity contribution in [2.24, 2.45) is 0 Å². The van der Waals surface area contributed by atoms with Crippen LogP contribution in [0.15, 0.2) is 0 Å². The number of hydrogen-bond acceptors (Lipinski definition) is 2. The molecular formula is C5H13NO. The van der Waals surface area contributed by atoms with Gasteiger partial charge in [0.2, 0.25) is 0 Å². The zero-order chi connectivity index (χ0) is 5.86. The molecule has 1 unspecified atom stereocenters. The van der Waals surface area contributed by atoms with Crippen molar-refractivity contribution in [3.8, 4) is 0 Å². The molecule has 0 radical (unpaired) electrons. The third-order valence-corrected chi connectivity index (χ3v) is 1.07. The van der Waals surface area contributed by atoms with E-state index in [2.05, 4.69) is 0 Å². The Labute approximate surface area is 45.1 Å². The van der Waals surface area contributed by atoms with Gasteiger partial charge in [-0.25, -0.2) is 0 Å². The molecule has 2 heteroatoms. The third kappa shape index (κ3) is 2.60. The Kier molecular flexibility index (Phi) is 2.96. The average Bonchev–Trinajstić information content (AvgIpc) is 1.65. The van der Waals surface area contributed by atoms with E-state index in [1.54, 1.807) is 7.11 Å². The Bertz CT molecular complexity index is 45.3. The summed E-state index contributed by atoms with van der Waals surface area (Å²) in [4.78, 5) is 2.00. The summed E-state index contributed by atoms with van der Waals surface area (Å²) in [5.41, 5.74) is 0. The molecule has 2 nitrogen and oxygen atoms in total. The number of ether oxygens (including phenoxy) is 1. The fourth-order valence-corrected chi connectivity index (χ4v) is 0.211. The largest absolute Gasteiger partial charge is 0.367 e. The van der Waals surface area contributed by atoms with E-state index in [0.29, 0.717) is 0 Å². The fourth-order valence-electron chi connectivity index (χ4n) is 0.211. The molecule has 0 N–H and O–H groups in total. The zero-order valence-electron chi connectivity index (χ0n) is 5.43. The summed E-state index contributed by atoms with van der Waals surface area (Å²) in [6, 6.07) is 0. The number of hydrogen-bond donors (Lipinski definition) is 0. The minimum absolute atomic E-state index is 0.236. The highest BCUT2D eigenvalue weighted by atomic mass is 16.5. The molecule has 0 spiro atoms. The van der Waals surface area contributed by atoms with Crippen molar-refractivity contribution in [1.82, 2.24) is 4.90 Å². The first-order chi connectivity index (χ1) is 3.18. The van der Waals surface area contributed by atoms with Gasteiger partial charge in [0.1, 0.15) is 6.23 Å². The lowest BCUT2D eigenvalue weighted by atomic mass is 10.6. The molecule has 0 amide bonds. The highest BCUT2D eigenvalue weighted by Crippen LogP contribution is 1.88. The number of rotatable bonds is 2. The molecular weight excluding hydrogens is 90.1 g/mol. The summed E-state index contributed by atoms with van der Waals surface area (Å²) in [6.07, 6.45) is 0.236. The van der Waals surface area contributed by atoms with E-state index in [-0.39, 0.29) is 6.23 Å². The quantitative estimate of drug-likeness (QED) is 0.473. The Morgan fingerprint density at radius 2 is 1.86 bits per heavy atom. The van der Waals surface area contributed by atoms with Crippen LogP contribution in [0, 0.1) is 0 Å². The van der Waals surface area contributed by atoms with Crippen LogP contribution >= 0.6 is 0 Å². The van der Waals surface area contributed by atoms with E-state index in [1.165, 1.54) is 0 Å². The standard InChI is InChI=1S/C5H13NO/c1-5(7-4)6(2)3/h5H,1-4H3. The van der Waals surface area contributed by atoms with Gasteiger partial charge in [0, 0.05) is 7.11 Å². The van der Waals surface area contributed by atoms with E-state index in [4.69, 9.17) is 4.74 Å². The van der Waals surface area contributed by atoms with Gasteiger partial charge in [0.15, 0.2) is 0 Å². The predicted molar refractivity (Wildman–Crippen MR) is 30.2 cm³/mol. The molecule has 0 rings (SSSR count). The molecule has 0 saturated carbocycles. The second kappa shape index (κ2) is 2.99. The molecule has 0 aromatic rings. The van der Waals surface area contributed by atoms with Crippen LogP contribution in [0.4, 0.5) is 0 Å². The molecule has 44 valence electrons. The molecule has 0 heterocycles. The van der Waals surface area contributed by atoms with Crippen molar-refractivity contribution in [1.29, 1.82) is 0 Å². The van der Waals surface area contributed by atoms with Crippen molar-refractivity contribution in [3.63, 3.8) is 0 Å². The van der Waals surface area contributed by atoms with Crippen molar-refractivity contribution in [2.75, 3.05) is 21.2 Å². The van der Waals surface area contributed by atoms with E-state index in [9.17, 15) is 0 Å². The summed E-state index contributed by atoms with van der Waals surface area (Å²) >= 11 is 0. The summed E-state index contributed by atoms with van der Waals surface area (Å²) in [6.45, 7) is 2.00. The Morgan fingerprint density at radius 1 is 1.43 bits per heavy atom. The van der Waals surface area contributed by atoms with Gasteiger partial charge in [0.25, 0.3) is 0 Å². The highest BCUT2D eigenvalue weighted by molar-refractivity contribution is 4.39. The maximum Gasteiger partial charge on any atom is 0.106 e. The molecule has 0 bridgehead atoms. The van der Waals surface area contributed by atoms with Crippen LogP contribution in [-0.4, -0.2) is 32.3 Å². The monoisotopic (exact) mass is 103 g/mol. The maximum absolute atomic E-state index is 4.94. The minimum Gasteiger partial charge on any atom is -0.367 e. The van der Waals surface area contributed by atoms with E-state index < -0.39 is 0 Å². The van der Waals surface area contributed by atoms with E-state index in [0.717, 1.165) is 0 Å². The highest BCUT2D eigenvalue weighted by Gasteiger charge is 1.97. The molecule has 1 atom stereocenters. The predicted octanol–water partition coefficient (Wildman–Crippen LogP) is 0.540. The lowest BCUT2D eigenvalue weighted by Gasteiger charge is -2.16. The average molecular weight is 103 g/mol. The van der Waals surface area contributed by atoms with Gasteiger partial charge in [-0.1, -0.05) is 0 Å². The van der Waals surface area contributed by atoms with Crippen molar-refractivity contribution < 1.29 is 4.74 Å². The van der Waals surface area contributed by atoms with Crippen LogP contribution in [0.5, 0.6) is 0 Å². The van der Waals surface area contributed by atoms with Crippen LogP contribution in [-0.2, 0) is 4.74 Å². The minimum atomic E-state index is 0.236. The van der Waals surface area contributed by atoms with Gasteiger partial charge in [0.05, 0.1) is 0 Å². The molecule has 0 aliphatic heterocycles. The van der Waals surface area contributed by atoms with Crippen LogP contribution in [0.3, 0.4) is 0 Å². The summed E-state index contributed by atoms with van der Waals surface area (Å²) in [7, 11) is 5.66. The Hall–Kier alpha value is -0.0800. The smallest absolute Gasteiger partial charge is 0.106 e. The number of methoxy groups -OCH3 is 1. The SMILES string of the molecule is COC(C)N(C)C. The molecule has 0 aliphatic carbocycles. The maximum atomic E-state index is 4.94. The topological polar surface area (TPSA) is 12.5 Å². The first kappa shape index (κ1) is 6.92. The lowest BCUT2D eigenvalue weighted by Crippen LogP contribution is -2.25. The Balaban J connectivity index is 3.14. The first-order valence-corrected chi connectivity index (χ1v) is 2.37. The van der Waals surface area contributed by atoms with Crippen molar-refractivity contribution in [2.45, 2.75) is 13.2 Å². The molecule has 0 aliphatic rings. The van der Waals surface area contributed by atoms with Crippen LogP contribution in [0.1, 0.15) is 6.92 Å². The lowest BCUT2D eigenvalue weighted by molar-refractivity contribution is 0.0116. The summed E-state index contributed by atoms with van der Waals surface area (Å²) in [5.74, 6) is 0. The summed E-state index contributed by atoms with van der Waals surface area (Å²) < 4.78 is 4.94. The van der Waals surface area contributed by atoms with Crippen LogP contribution in [0.25, 0.3) is 0 Å². The van der Waals surface area contributed by atoms with Gasteiger partial charge < -0.3 is 4.74 Å². The van der Waals surface area contributed by atoms with E-state index in [1.807, 2.05) is 25.9 Å². The van der Waals surface area contributed by atoms with Gasteiger partial charge >= 0.3 is 0 Å². The molecule has 0 aromatic carbocycles. The molecule has 0 aromatic heterocycles. The van der Waals surface area contributed by atoms with Crippen LogP contribution < -0.4 is 0 Å².